The quantitative estimate of drug-likeness (QED) is 0.223. The Morgan fingerprint density at radius 2 is 1.15 bits per heavy atom. The van der Waals surface area contributed by atoms with Gasteiger partial charge in [0.1, 0.15) is 0 Å². The Balaban J connectivity index is 1.34. The highest BCUT2D eigenvalue weighted by Gasteiger charge is 2.14. The average Bonchev–Trinajstić information content (AvgIpc) is 3.04. The van der Waals surface area contributed by atoms with Gasteiger partial charge >= 0.3 is 0 Å². The van der Waals surface area contributed by atoms with E-state index in [4.69, 9.17) is 9.97 Å². The third kappa shape index (κ3) is 3.71. The Labute approximate surface area is 231 Å². The number of benzene rings is 5. The van der Waals surface area contributed by atoms with Gasteiger partial charge in [0, 0.05) is 33.5 Å². The van der Waals surface area contributed by atoms with Gasteiger partial charge in [0.15, 0.2) is 0 Å². The molecule has 0 saturated heterocycles. The molecule has 0 N–H and O–H groups in total. The molecule has 8 aromatic rings. The van der Waals surface area contributed by atoms with Crippen molar-refractivity contribution in [2.24, 2.45) is 0 Å². The summed E-state index contributed by atoms with van der Waals surface area (Å²) in [6, 6.07) is 46.7. The van der Waals surface area contributed by atoms with Gasteiger partial charge in [0.2, 0.25) is 0 Å². The van der Waals surface area contributed by atoms with Crippen molar-refractivity contribution in [3.8, 4) is 33.6 Å². The maximum absolute atomic E-state index is 5.11. The number of hydrogen-bond acceptors (Lipinski definition) is 3. The first-order valence-corrected chi connectivity index (χ1v) is 13.5. The van der Waals surface area contributed by atoms with Crippen LogP contribution in [0.2, 0.25) is 0 Å². The summed E-state index contributed by atoms with van der Waals surface area (Å²) in [5.74, 6) is 0. The van der Waals surface area contributed by atoms with Gasteiger partial charge in [-0.05, 0) is 52.2 Å². The Morgan fingerprint density at radius 1 is 0.425 bits per heavy atom. The Bertz CT molecular complexity index is 2200. The minimum Gasteiger partial charge on any atom is -0.254 e. The first-order valence-electron chi connectivity index (χ1n) is 13.5. The SMILES string of the molecule is c1ccc(-c2cc(-c3ccccc3)c3c(ccc4cc(-c5ccc6ccc7cccnc7c6n5)ccc43)n2)cc1. The molecule has 0 aliphatic heterocycles. The number of fused-ring (bicyclic) bond motifs is 6. The van der Waals surface area contributed by atoms with Crippen molar-refractivity contribution in [3.63, 3.8) is 0 Å². The van der Waals surface area contributed by atoms with E-state index in [1.807, 2.05) is 18.3 Å². The lowest BCUT2D eigenvalue weighted by Crippen LogP contribution is -1.92. The van der Waals surface area contributed by atoms with E-state index in [-0.39, 0.29) is 0 Å². The highest BCUT2D eigenvalue weighted by molar-refractivity contribution is 6.14. The van der Waals surface area contributed by atoms with Crippen molar-refractivity contribution < 1.29 is 0 Å². The predicted molar refractivity (Wildman–Crippen MR) is 166 cm³/mol. The van der Waals surface area contributed by atoms with Gasteiger partial charge < -0.3 is 0 Å². The second kappa shape index (κ2) is 9.11. The van der Waals surface area contributed by atoms with Crippen LogP contribution in [0.25, 0.3) is 77.1 Å². The van der Waals surface area contributed by atoms with Crippen LogP contribution in [-0.2, 0) is 0 Å². The Kier molecular flexibility index (Phi) is 5.14. The molecule has 3 heteroatoms. The topological polar surface area (TPSA) is 38.7 Å². The highest BCUT2D eigenvalue weighted by Crippen LogP contribution is 2.38. The lowest BCUT2D eigenvalue weighted by atomic mass is 9.93. The fraction of sp³-hybridized carbons (Fsp3) is 0. The highest BCUT2D eigenvalue weighted by atomic mass is 14.8. The van der Waals surface area contributed by atoms with Gasteiger partial charge in [-0.1, -0.05) is 103 Å². The van der Waals surface area contributed by atoms with Crippen molar-refractivity contribution in [2.45, 2.75) is 0 Å². The summed E-state index contributed by atoms with van der Waals surface area (Å²) in [5.41, 5.74) is 9.32. The molecular formula is C37H23N3. The maximum Gasteiger partial charge on any atom is 0.0972 e. The van der Waals surface area contributed by atoms with Gasteiger partial charge in [-0.25, -0.2) is 9.97 Å². The number of hydrogen-bond donors (Lipinski definition) is 0. The number of rotatable bonds is 3. The standard InChI is InChI=1S/C37H23N3/c1-3-8-24(9-4-1)31-23-34(25-10-5-2-6-11-25)39-33-20-17-28-22-29(15-18-30(28)35(31)33)32-19-16-27-14-13-26-12-7-21-38-36(26)37(27)40-32/h1-23H. The largest absolute Gasteiger partial charge is 0.254 e. The molecular weight excluding hydrogens is 486 g/mol. The first kappa shape index (κ1) is 22.6. The molecule has 0 bridgehead atoms. The molecule has 5 aromatic carbocycles. The van der Waals surface area contributed by atoms with Crippen molar-refractivity contribution >= 4 is 43.5 Å². The minimum atomic E-state index is 0.929. The van der Waals surface area contributed by atoms with E-state index in [1.165, 1.54) is 16.5 Å². The maximum atomic E-state index is 5.11. The normalized spacial score (nSPS) is 11.5. The smallest absolute Gasteiger partial charge is 0.0972 e. The molecule has 186 valence electrons. The lowest BCUT2D eigenvalue weighted by Gasteiger charge is -2.14. The van der Waals surface area contributed by atoms with Crippen molar-refractivity contribution in [1.29, 1.82) is 0 Å². The molecule has 3 heterocycles. The third-order valence-electron chi connectivity index (χ3n) is 7.67. The first-order chi connectivity index (χ1) is 19.8. The molecule has 0 amide bonds. The average molecular weight is 510 g/mol. The van der Waals surface area contributed by atoms with E-state index < -0.39 is 0 Å². The molecule has 3 nitrogen and oxygen atoms in total. The molecule has 8 rings (SSSR count). The van der Waals surface area contributed by atoms with Crippen molar-refractivity contribution in [1.82, 2.24) is 15.0 Å². The monoisotopic (exact) mass is 509 g/mol. The van der Waals surface area contributed by atoms with Crippen LogP contribution in [0, 0.1) is 0 Å². The second-order valence-electron chi connectivity index (χ2n) is 10.1. The molecule has 0 spiro atoms. The zero-order chi connectivity index (χ0) is 26.5. The molecule has 3 aromatic heterocycles. The number of pyridine rings is 3. The van der Waals surface area contributed by atoms with Crippen molar-refractivity contribution in [2.75, 3.05) is 0 Å². The fourth-order valence-electron chi connectivity index (χ4n) is 5.71. The van der Waals surface area contributed by atoms with Crippen LogP contribution >= 0.6 is 0 Å². The summed E-state index contributed by atoms with van der Waals surface area (Å²) in [6.45, 7) is 0. The molecule has 0 radical (unpaired) electrons. The van der Waals surface area contributed by atoms with Gasteiger partial charge in [0.05, 0.1) is 27.9 Å². The van der Waals surface area contributed by atoms with Crippen LogP contribution in [0.4, 0.5) is 0 Å². The van der Waals surface area contributed by atoms with Crippen LogP contribution in [0.1, 0.15) is 0 Å². The summed E-state index contributed by atoms with van der Waals surface area (Å²) < 4.78 is 0. The van der Waals surface area contributed by atoms with Crippen LogP contribution in [-0.4, -0.2) is 15.0 Å². The van der Waals surface area contributed by atoms with Gasteiger partial charge in [-0.15, -0.1) is 0 Å². The van der Waals surface area contributed by atoms with E-state index in [0.29, 0.717) is 0 Å². The molecule has 0 atom stereocenters. The number of nitrogens with zero attached hydrogens (tertiary/aromatic N) is 3. The second-order valence-corrected chi connectivity index (χ2v) is 10.1. The zero-order valence-electron chi connectivity index (χ0n) is 21.6. The van der Waals surface area contributed by atoms with E-state index in [1.54, 1.807) is 0 Å². The van der Waals surface area contributed by atoms with Crippen LogP contribution in [0.15, 0.2) is 140 Å². The van der Waals surface area contributed by atoms with Crippen LogP contribution in [0.5, 0.6) is 0 Å². The predicted octanol–water partition coefficient (Wildman–Crippen LogP) is 9.49. The zero-order valence-corrected chi connectivity index (χ0v) is 21.6. The third-order valence-corrected chi connectivity index (χ3v) is 7.67. The molecule has 40 heavy (non-hydrogen) atoms. The van der Waals surface area contributed by atoms with E-state index >= 15 is 0 Å². The Hall–Kier alpha value is -5.41. The summed E-state index contributed by atoms with van der Waals surface area (Å²) in [7, 11) is 0. The van der Waals surface area contributed by atoms with E-state index in [2.05, 4.69) is 126 Å². The molecule has 0 aliphatic rings. The molecule has 0 unspecified atom stereocenters. The summed E-state index contributed by atoms with van der Waals surface area (Å²) in [6.07, 6.45) is 1.83. The fourth-order valence-corrected chi connectivity index (χ4v) is 5.71. The van der Waals surface area contributed by atoms with Gasteiger partial charge in [-0.2, -0.15) is 0 Å². The molecule has 0 fully saturated rings. The summed E-state index contributed by atoms with van der Waals surface area (Å²) in [5, 5.41) is 5.70. The van der Waals surface area contributed by atoms with Gasteiger partial charge in [0.25, 0.3) is 0 Å². The lowest BCUT2D eigenvalue weighted by molar-refractivity contribution is 1.37. The summed E-state index contributed by atoms with van der Waals surface area (Å²) >= 11 is 0. The van der Waals surface area contributed by atoms with Gasteiger partial charge in [-0.3, -0.25) is 4.98 Å². The van der Waals surface area contributed by atoms with E-state index in [9.17, 15) is 0 Å². The molecule has 0 aliphatic carbocycles. The number of aromatic nitrogens is 3. The van der Waals surface area contributed by atoms with Crippen LogP contribution in [0.3, 0.4) is 0 Å². The minimum absolute atomic E-state index is 0.929. The van der Waals surface area contributed by atoms with Crippen LogP contribution < -0.4 is 0 Å². The summed E-state index contributed by atoms with van der Waals surface area (Å²) in [4.78, 5) is 14.8. The molecule has 0 saturated carbocycles. The van der Waals surface area contributed by atoms with Crippen molar-refractivity contribution in [3.05, 3.63) is 140 Å². The van der Waals surface area contributed by atoms with E-state index in [0.717, 1.165) is 60.6 Å². The Morgan fingerprint density at radius 3 is 1.98 bits per heavy atom.